The molecule has 1 aromatic carbocycles. The highest BCUT2D eigenvalue weighted by atomic mass is 14.9. The van der Waals surface area contributed by atoms with Crippen LogP contribution in [0.25, 0.3) is 0 Å². The molecular formula is C19H29N. The number of aryl methyl sites for hydroxylation is 1. The summed E-state index contributed by atoms with van der Waals surface area (Å²) in [5, 5.41) is 3.71. The van der Waals surface area contributed by atoms with Gasteiger partial charge in [-0.2, -0.15) is 0 Å². The van der Waals surface area contributed by atoms with Crippen LogP contribution in [0.5, 0.6) is 0 Å². The summed E-state index contributed by atoms with van der Waals surface area (Å²) in [4.78, 5) is 0. The number of rotatable bonds is 5. The molecule has 0 saturated carbocycles. The number of hydrogen-bond acceptors (Lipinski definition) is 1. The highest BCUT2D eigenvalue weighted by molar-refractivity contribution is 5.28. The maximum Gasteiger partial charge on any atom is 0.0320 e. The Morgan fingerprint density at radius 3 is 2.70 bits per heavy atom. The van der Waals surface area contributed by atoms with Gasteiger partial charge in [0.1, 0.15) is 0 Å². The Labute approximate surface area is 124 Å². The molecule has 1 aliphatic rings. The molecule has 1 N–H and O–H groups in total. The lowest BCUT2D eigenvalue weighted by Gasteiger charge is -2.24. The Morgan fingerprint density at radius 1 is 1.10 bits per heavy atom. The van der Waals surface area contributed by atoms with Gasteiger partial charge in [-0.25, -0.2) is 0 Å². The van der Waals surface area contributed by atoms with E-state index in [1.54, 1.807) is 5.57 Å². The van der Waals surface area contributed by atoms with Crippen molar-refractivity contribution in [1.29, 1.82) is 0 Å². The number of benzene rings is 1. The smallest absolute Gasteiger partial charge is 0.0320 e. The first-order valence-corrected chi connectivity index (χ1v) is 8.28. The van der Waals surface area contributed by atoms with Crippen LogP contribution in [0.2, 0.25) is 0 Å². The van der Waals surface area contributed by atoms with Crippen LogP contribution in [0, 0.1) is 6.92 Å². The van der Waals surface area contributed by atoms with Crippen molar-refractivity contribution in [3.63, 3.8) is 0 Å². The fraction of sp³-hybridized carbons (Fsp3) is 0.579. The Balaban J connectivity index is 2.11. The number of nitrogens with one attached hydrogen (secondary N) is 1. The van der Waals surface area contributed by atoms with Crippen molar-refractivity contribution in [2.45, 2.75) is 64.8 Å². The molecule has 0 saturated heterocycles. The molecule has 0 bridgehead atoms. The SMILES string of the molecule is CCNC(Cc1ccccc1C)/C1=C/CCCCCC1. The molecule has 1 heteroatoms. The van der Waals surface area contributed by atoms with E-state index in [-0.39, 0.29) is 0 Å². The van der Waals surface area contributed by atoms with Gasteiger partial charge < -0.3 is 5.32 Å². The van der Waals surface area contributed by atoms with Crippen LogP contribution in [0.4, 0.5) is 0 Å². The standard InChI is InChI=1S/C19H29N/c1-3-20-19(15-18-14-10-9-11-16(18)2)17-12-7-5-4-6-8-13-17/h9-12,14,19-20H,3-8,13,15H2,1-2H3/b17-12+. The van der Waals surface area contributed by atoms with Gasteiger partial charge in [-0.1, -0.05) is 55.7 Å². The molecule has 0 fully saturated rings. The summed E-state index contributed by atoms with van der Waals surface area (Å²) in [6.07, 6.45) is 11.7. The first-order chi connectivity index (χ1) is 9.81. The summed E-state index contributed by atoms with van der Waals surface area (Å²) in [5.74, 6) is 0. The predicted octanol–water partition coefficient (Wildman–Crippen LogP) is 4.80. The third kappa shape index (κ3) is 4.49. The van der Waals surface area contributed by atoms with Crippen LogP contribution in [0.15, 0.2) is 35.9 Å². The molecule has 2 rings (SSSR count). The molecular weight excluding hydrogens is 242 g/mol. The zero-order chi connectivity index (χ0) is 14.2. The minimum atomic E-state index is 0.527. The van der Waals surface area contributed by atoms with E-state index in [4.69, 9.17) is 0 Å². The van der Waals surface area contributed by atoms with Crippen molar-refractivity contribution in [3.8, 4) is 0 Å². The normalized spacial score (nSPS) is 20.6. The quantitative estimate of drug-likeness (QED) is 0.759. The van der Waals surface area contributed by atoms with E-state index in [0.717, 1.165) is 13.0 Å². The second-order valence-corrected chi connectivity index (χ2v) is 5.97. The maximum absolute atomic E-state index is 3.71. The summed E-state index contributed by atoms with van der Waals surface area (Å²) in [6.45, 7) is 5.49. The zero-order valence-corrected chi connectivity index (χ0v) is 13.1. The fourth-order valence-electron chi connectivity index (χ4n) is 3.17. The first-order valence-electron chi connectivity index (χ1n) is 8.28. The van der Waals surface area contributed by atoms with Crippen molar-refractivity contribution in [2.75, 3.05) is 6.54 Å². The van der Waals surface area contributed by atoms with Crippen molar-refractivity contribution < 1.29 is 0 Å². The number of likely N-dealkylation sites (N-methyl/N-ethyl adjacent to an activating group) is 1. The summed E-state index contributed by atoms with van der Waals surface area (Å²) in [5.41, 5.74) is 4.55. The van der Waals surface area contributed by atoms with E-state index in [2.05, 4.69) is 49.5 Å². The van der Waals surface area contributed by atoms with Gasteiger partial charge in [0.05, 0.1) is 0 Å². The third-order valence-corrected chi connectivity index (χ3v) is 4.41. The molecule has 1 unspecified atom stereocenters. The van der Waals surface area contributed by atoms with Gasteiger partial charge in [0.15, 0.2) is 0 Å². The van der Waals surface area contributed by atoms with Crippen LogP contribution in [-0.4, -0.2) is 12.6 Å². The lowest BCUT2D eigenvalue weighted by Crippen LogP contribution is -2.33. The summed E-state index contributed by atoms with van der Waals surface area (Å²) in [7, 11) is 0. The van der Waals surface area contributed by atoms with Gasteiger partial charge in [-0.3, -0.25) is 0 Å². The Bertz CT molecular complexity index is 433. The summed E-state index contributed by atoms with van der Waals surface area (Å²) < 4.78 is 0. The molecule has 0 aliphatic heterocycles. The van der Waals surface area contributed by atoms with E-state index in [9.17, 15) is 0 Å². The van der Waals surface area contributed by atoms with E-state index < -0.39 is 0 Å². The third-order valence-electron chi connectivity index (χ3n) is 4.41. The highest BCUT2D eigenvalue weighted by Crippen LogP contribution is 2.22. The lowest BCUT2D eigenvalue weighted by molar-refractivity contribution is 0.535. The molecule has 1 aromatic rings. The second kappa shape index (κ2) is 8.26. The second-order valence-electron chi connectivity index (χ2n) is 5.97. The Morgan fingerprint density at radius 2 is 1.90 bits per heavy atom. The van der Waals surface area contributed by atoms with Gasteiger partial charge in [-0.15, -0.1) is 0 Å². The lowest BCUT2D eigenvalue weighted by atomic mass is 9.90. The number of hydrogen-bond donors (Lipinski definition) is 1. The maximum atomic E-state index is 3.71. The molecule has 1 nitrogen and oxygen atoms in total. The van der Waals surface area contributed by atoms with Gasteiger partial charge in [-0.05, 0) is 56.7 Å². The van der Waals surface area contributed by atoms with Crippen LogP contribution in [-0.2, 0) is 6.42 Å². The molecule has 20 heavy (non-hydrogen) atoms. The molecule has 110 valence electrons. The molecule has 0 heterocycles. The van der Waals surface area contributed by atoms with Crippen molar-refractivity contribution >= 4 is 0 Å². The minimum Gasteiger partial charge on any atom is -0.310 e. The Hall–Kier alpha value is -1.08. The van der Waals surface area contributed by atoms with Gasteiger partial charge in [0.2, 0.25) is 0 Å². The van der Waals surface area contributed by atoms with Crippen LogP contribution in [0.1, 0.15) is 56.6 Å². The summed E-state index contributed by atoms with van der Waals surface area (Å²) >= 11 is 0. The number of allylic oxidation sites excluding steroid dienone is 1. The van der Waals surface area contributed by atoms with E-state index in [1.165, 1.54) is 49.7 Å². The van der Waals surface area contributed by atoms with E-state index >= 15 is 0 Å². The average Bonchev–Trinajstić information content (AvgIpc) is 2.40. The van der Waals surface area contributed by atoms with Crippen molar-refractivity contribution in [2.24, 2.45) is 0 Å². The Kier molecular flexibility index (Phi) is 6.32. The zero-order valence-electron chi connectivity index (χ0n) is 13.1. The highest BCUT2D eigenvalue weighted by Gasteiger charge is 2.15. The molecule has 0 amide bonds. The molecule has 0 aromatic heterocycles. The van der Waals surface area contributed by atoms with Crippen molar-refractivity contribution in [1.82, 2.24) is 5.32 Å². The average molecular weight is 271 g/mol. The van der Waals surface area contributed by atoms with Crippen LogP contribution < -0.4 is 5.32 Å². The van der Waals surface area contributed by atoms with Gasteiger partial charge in [0.25, 0.3) is 0 Å². The largest absolute Gasteiger partial charge is 0.310 e. The van der Waals surface area contributed by atoms with Crippen molar-refractivity contribution in [3.05, 3.63) is 47.0 Å². The van der Waals surface area contributed by atoms with Gasteiger partial charge in [0, 0.05) is 6.04 Å². The molecule has 1 aliphatic carbocycles. The predicted molar refractivity (Wildman–Crippen MR) is 88.1 cm³/mol. The molecule has 0 spiro atoms. The van der Waals surface area contributed by atoms with E-state index in [0.29, 0.717) is 6.04 Å². The minimum absolute atomic E-state index is 0.527. The topological polar surface area (TPSA) is 12.0 Å². The van der Waals surface area contributed by atoms with Crippen LogP contribution >= 0.6 is 0 Å². The fourth-order valence-corrected chi connectivity index (χ4v) is 3.17. The molecule has 1 atom stereocenters. The van der Waals surface area contributed by atoms with E-state index in [1.807, 2.05) is 0 Å². The molecule has 0 radical (unpaired) electrons. The van der Waals surface area contributed by atoms with Gasteiger partial charge >= 0.3 is 0 Å². The first kappa shape index (κ1) is 15.3. The van der Waals surface area contributed by atoms with Crippen LogP contribution in [0.3, 0.4) is 0 Å². The monoisotopic (exact) mass is 271 g/mol. The summed E-state index contributed by atoms with van der Waals surface area (Å²) in [6, 6.07) is 9.33.